The second-order valence-corrected chi connectivity index (χ2v) is 9.38. The van der Waals surface area contributed by atoms with E-state index < -0.39 is 9.84 Å². The number of hydrogen-bond donors (Lipinski definition) is 1. The van der Waals surface area contributed by atoms with Gasteiger partial charge in [0.1, 0.15) is 0 Å². The molecule has 1 fully saturated rings. The lowest BCUT2D eigenvalue weighted by molar-refractivity contribution is -0.120. The third-order valence-electron chi connectivity index (χ3n) is 4.49. The lowest BCUT2D eigenvalue weighted by atomic mass is 10.1. The topological polar surface area (TPSA) is 72.5 Å². The summed E-state index contributed by atoms with van der Waals surface area (Å²) in [5.74, 6) is -0.267. The molecule has 1 aromatic rings. The Balaban J connectivity index is 1.77. The van der Waals surface area contributed by atoms with E-state index >= 15 is 0 Å². The molecule has 1 saturated carbocycles. The summed E-state index contributed by atoms with van der Waals surface area (Å²) in [6.45, 7) is 4.92. The summed E-state index contributed by atoms with van der Waals surface area (Å²) in [7, 11) is -3.14. The predicted molar refractivity (Wildman–Crippen MR) is 98.9 cm³/mol. The number of nitrogens with one attached hydrogen (secondary N) is 1. The molecule has 0 radical (unpaired) electrons. The van der Waals surface area contributed by atoms with Crippen LogP contribution in [0.25, 0.3) is 0 Å². The van der Waals surface area contributed by atoms with Crippen LogP contribution in [0.4, 0.5) is 0 Å². The molecule has 1 aliphatic rings. The van der Waals surface area contributed by atoms with E-state index in [-0.39, 0.29) is 29.4 Å². The Hall–Kier alpha value is -1.40. The molecule has 1 N–H and O–H groups in total. The van der Waals surface area contributed by atoms with Crippen LogP contribution < -0.4 is 5.32 Å². The van der Waals surface area contributed by atoms with Crippen LogP contribution in [0.2, 0.25) is 0 Å². The molecular formula is C19H29NO4S. The lowest BCUT2D eigenvalue weighted by Gasteiger charge is -2.11. The fraction of sp³-hybridized carbons (Fsp3) is 0.632. The molecule has 25 heavy (non-hydrogen) atoms. The van der Waals surface area contributed by atoms with Crippen LogP contribution in [0.15, 0.2) is 24.3 Å². The van der Waals surface area contributed by atoms with Gasteiger partial charge in [-0.2, -0.15) is 0 Å². The van der Waals surface area contributed by atoms with Gasteiger partial charge in [-0.25, -0.2) is 8.42 Å². The summed E-state index contributed by atoms with van der Waals surface area (Å²) in [5.41, 5.74) is 2.04. The molecule has 0 bridgehead atoms. The molecule has 1 aliphatic carbocycles. The summed E-state index contributed by atoms with van der Waals surface area (Å²) in [6.07, 6.45) is 3.66. The van der Waals surface area contributed by atoms with Crippen molar-refractivity contribution in [2.24, 2.45) is 0 Å². The number of amides is 1. The number of sulfone groups is 1. The van der Waals surface area contributed by atoms with Crippen molar-refractivity contribution in [3.63, 3.8) is 0 Å². The van der Waals surface area contributed by atoms with Gasteiger partial charge in [0.25, 0.3) is 0 Å². The molecule has 1 aromatic carbocycles. The Labute approximate surface area is 151 Å². The predicted octanol–water partition coefficient (Wildman–Crippen LogP) is 2.98. The number of benzene rings is 1. The van der Waals surface area contributed by atoms with Crippen LogP contribution in [0, 0.1) is 0 Å². The molecule has 0 unspecified atom stereocenters. The van der Waals surface area contributed by atoms with Crippen molar-refractivity contribution in [2.45, 2.75) is 70.5 Å². The van der Waals surface area contributed by atoms with Crippen molar-refractivity contribution in [2.75, 3.05) is 5.75 Å². The Morgan fingerprint density at radius 3 is 2.60 bits per heavy atom. The van der Waals surface area contributed by atoms with Crippen molar-refractivity contribution < 1.29 is 17.9 Å². The average Bonchev–Trinajstić information content (AvgIpc) is 3.12. The molecule has 140 valence electrons. The van der Waals surface area contributed by atoms with Gasteiger partial charge < -0.3 is 10.1 Å². The van der Waals surface area contributed by atoms with E-state index in [2.05, 4.69) is 5.32 Å². The minimum Gasteiger partial charge on any atom is -0.374 e. The van der Waals surface area contributed by atoms with Crippen LogP contribution in [-0.2, 0) is 32.5 Å². The minimum absolute atomic E-state index is 0.0367. The highest BCUT2D eigenvalue weighted by molar-refractivity contribution is 7.92. The number of carbonyl (C=O) groups is 1. The number of hydrogen-bond acceptors (Lipinski definition) is 4. The Kier molecular flexibility index (Phi) is 7.44. The summed E-state index contributed by atoms with van der Waals surface area (Å²) < 4.78 is 30.0. The Bertz CT molecular complexity index is 664. The van der Waals surface area contributed by atoms with Gasteiger partial charge in [0.2, 0.25) is 5.91 Å². The number of rotatable bonds is 9. The largest absolute Gasteiger partial charge is 0.374 e. The number of ether oxygens (including phenoxy) is 1. The first kappa shape index (κ1) is 19.9. The quantitative estimate of drug-likeness (QED) is 0.728. The third kappa shape index (κ3) is 6.78. The van der Waals surface area contributed by atoms with Gasteiger partial charge in [0.05, 0.1) is 23.7 Å². The zero-order valence-electron chi connectivity index (χ0n) is 15.2. The molecule has 0 atom stereocenters. The van der Waals surface area contributed by atoms with Crippen LogP contribution >= 0.6 is 0 Å². The molecule has 1 amide bonds. The van der Waals surface area contributed by atoms with Gasteiger partial charge in [0.15, 0.2) is 9.84 Å². The molecule has 6 heteroatoms. The van der Waals surface area contributed by atoms with E-state index in [1.165, 1.54) is 0 Å². The van der Waals surface area contributed by atoms with Crippen LogP contribution in [0.1, 0.15) is 57.1 Å². The van der Waals surface area contributed by atoms with E-state index in [0.29, 0.717) is 13.2 Å². The highest BCUT2D eigenvalue weighted by Gasteiger charge is 2.28. The van der Waals surface area contributed by atoms with Crippen LogP contribution in [0.3, 0.4) is 0 Å². The van der Waals surface area contributed by atoms with E-state index in [9.17, 15) is 13.2 Å². The highest BCUT2D eigenvalue weighted by atomic mass is 32.2. The summed E-state index contributed by atoms with van der Waals surface area (Å²) >= 11 is 0. The smallest absolute Gasteiger partial charge is 0.221 e. The molecular weight excluding hydrogens is 338 g/mol. The van der Waals surface area contributed by atoms with Gasteiger partial charge in [-0.05, 0) is 37.8 Å². The summed E-state index contributed by atoms with van der Waals surface area (Å²) in [5, 5.41) is 2.57. The Morgan fingerprint density at radius 2 is 1.92 bits per heavy atom. The molecule has 0 spiro atoms. The highest BCUT2D eigenvalue weighted by Crippen LogP contribution is 2.25. The van der Waals surface area contributed by atoms with Crippen molar-refractivity contribution >= 4 is 15.7 Å². The van der Waals surface area contributed by atoms with Crippen molar-refractivity contribution in [1.82, 2.24) is 5.32 Å². The maximum Gasteiger partial charge on any atom is 0.221 e. The van der Waals surface area contributed by atoms with E-state index in [0.717, 1.165) is 36.8 Å². The fourth-order valence-electron chi connectivity index (χ4n) is 3.03. The van der Waals surface area contributed by atoms with Crippen molar-refractivity contribution in [3.05, 3.63) is 35.4 Å². The van der Waals surface area contributed by atoms with Gasteiger partial charge in [-0.15, -0.1) is 0 Å². The zero-order valence-corrected chi connectivity index (χ0v) is 16.0. The van der Waals surface area contributed by atoms with Gasteiger partial charge in [-0.3, -0.25) is 4.79 Å². The third-order valence-corrected chi connectivity index (χ3v) is 6.75. The first-order valence-corrected chi connectivity index (χ1v) is 10.8. The van der Waals surface area contributed by atoms with Crippen molar-refractivity contribution in [3.8, 4) is 0 Å². The lowest BCUT2D eigenvalue weighted by Crippen LogP contribution is -2.28. The SMILES string of the molecule is CC(C)OCc1cccc(CNC(=O)CCS(=O)(=O)C2CCCC2)c1. The second kappa shape index (κ2) is 9.34. The zero-order chi connectivity index (χ0) is 18.3. The van der Waals surface area contributed by atoms with E-state index in [1.807, 2.05) is 38.1 Å². The molecule has 0 saturated heterocycles. The minimum atomic E-state index is -3.14. The molecule has 0 aromatic heterocycles. The second-order valence-electron chi connectivity index (χ2n) is 6.98. The van der Waals surface area contributed by atoms with Gasteiger partial charge in [0, 0.05) is 13.0 Å². The maximum absolute atomic E-state index is 12.2. The van der Waals surface area contributed by atoms with Crippen LogP contribution in [0.5, 0.6) is 0 Å². The summed E-state index contributed by atoms with van der Waals surface area (Å²) in [4.78, 5) is 12.0. The first-order chi connectivity index (χ1) is 11.9. The first-order valence-electron chi connectivity index (χ1n) is 9.04. The molecule has 0 aliphatic heterocycles. The normalized spacial score (nSPS) is 15.6. The standard InChI is InChI=1S/C19H29NO4S/c1-15(2)24-14-17-7-5-6-16(12-17)13-20-19(21)10-11-25(22,23)18-8-3-4-9-18/h5-7,12,15,18H,3-4,8-11,13-14H2,1-2H3,(H,20,21). The van der Waals surface area contributed by atoms with Gasteiger partial charge in [-0.1, -0.05) is 37.1 Å². The fourth-order valence-corrected chi connectivity index (χ4v) is 4.89. The van der Waals surface area contributed by atoms with E-state index in [1.54, 1.807) is 0 Å². The maximum atomic E-state index is 12.2. The van der Waals surface area contributed by atoms with E-state index in [4.69, 9.17) is 4.74 Å². The van der Waals surface area contributed by atoms with Crippen molar-refractivity contribution in [1.29, 1.82) is 0 Å². The molecule has 0 heterocycles. The molecule has 2 rings (SSSR count). The number of carbonyl (C=O) groups excluding carboxylic acids is 1. The molecule has 5 nitrogen and oxygen atoms in total. The average molecular weight is 368 g/mol. The summed E-state index contributed by atoms with van der Waals surface area (Å²) in [6, 6.07) is 7.86. The van der Waals surface area contributed by atoms with Crippen LogP contribution in [-0.4, -0.2) is 31.4 Å². The monoisotopic (exact) mass is 367 g/mol. The Morgan fingerprint density at radius 1 is 1.24 bits per heavy atom. The van der Waals surface area contributed by atoms with Gasteiger partial charge >= 0.3 is 0 Å².